The van der Waals surface area contributed by atoms with Crippen LogP contribution in [0.2, 0.25) is 0 Å². The van der Waals surface area contributed by atoms with Crippen molar-refractivity contribution in [3.63, 3.8) is 0 Å². The maximum absolute atomic E-state index is 13.6. The monoisotopic (exact) mass is 557 g/mol. The number of methoxy groups -OCH3 is 1. The molecule has 0 aliphatic carbocycles. The summed E-state index contributed by atoms with van der Waals surface area (Å²) in [5, 5.41) is 5.87. The molecule has 0 spiro atoms. The molecule has 0 unspecified atom stereocenters. The van der Waals surface area contributed by atoms with Gasteiger partial charge in [0.1, 0.15) is 17.6 Å². The highest BCUT2D eigenvalue weighted by Crippen LogP contribution is 2.24. The van der Waals surface area contributed by atoms with Crippen molar-refractivity contribution in [3.8, 4) is 11.5 Å². The van der Waals surface area contributed by atoms with E-state index in [2.05, 4.69) is 10.6 Å². The van der Waals surface area contributed by atoms with Crippen molar-refractivity contribution in [2.75, 3.05) is 26.8 Å². The summed E-state index contributed by atoms with van der Waals surface area (Å²) >= 11 is 0. The quantitative estimate of drug-likeness (QED) is 0.465. The standard InChI is InChI=1S/C31H31N3O7/c1-19-7-10-21-15-27(19)40-18-28(35)32-16-20-8-11-22(12-9-20)41-26-13-14-34(17-25(26)33-29(21)36)30(37)23-5-3-4-6-24(23)31(38)39-2/h3-12,15,25-26H,13-14,16-18H2,1-2H3,(H,32,35)(H,33,36)/t25-,26-/m0/s1. The van der Waals surface area contributed by atoms with Crippen molar-refractivity contribution in [2.45, 2.75) is 32.0 Å². The minimum Gasteiger partial charge on any atom is -0.488 e. The number of likely N-dealkylation sites (tertiary alicyclic amines) is 1. The number of rotatable bonds is 2. The highest BCUT2D eigenvalue weighted by atomic mass is 16.5. The average Bonchev–Trinajstić information content (AvgIpc) is 3.00. The van der Waals surface area contributed by atoms with Gasteiger partial charge in [0, 0.05) is 31.6 Å². The molecule has 0 radical (unpaired) electrons. The lowest BCUT2D eigenvalue weighted by atomic mass is 9.98. The molecule has 3 aromatic carbocycles. The first-order valence-electron chi connectivity index (χ1n) is 13.4. The summed E-state index contributed by atoms with van der Waals surface area (Å²) in [6, 6.07) is 18.3. The minimum atomic E-state index is -0.598. The zero-order valence-electron chi connectivity index (χ0n) is 22.8. The number of aryl methyl sites for hydroxylation is 1. The summed E-state index contributed by atoms with van der Waals surface area (Å²) in [5.74, 6) is -0.567. The molecule has 1 fully saturated rings. The molecule has 4 bridgehead atoms. The molecule has 3 aromatic rings. The molecule has 6 rings (SSSR count). The van der Waals surface area contributed by atoms with Crippen LogP contribution in [-0.4, -0.2) is 67.5 Å². The smallest absolute Gasteiger partial charge is 0.338 e. The molecule has 10 nitrogen and oxygen atoms in total. The van der Waals surface area contributed by atoms with Crippen molar-refractivity contribution in [3.05, 3.63) is 94.5 Å². The summed E-state index contributed by atoms with van der Waals surface area (Å²) in [4.78, 5) is 53.3. The fourth-order valence-electron chi connectivity index (χ4n) is 4.93. The predicted molar refractivity (Wildman–Crippen MR) is 149 cm³/mol. The van der Waals surface area contributed by atoms with Gasteiger partial charge in [0.2, 0.25) is 0 Å². The first-order valence-corrected chi connectivity index (χ1v) is 13.4. The first kappa shape index (κ1) is 27.7. The van der Waals surface area contributed by atoms with E-state index in [1.54, 1.807) is 47.4 Å². The van der Waals surface area contributed by atoms with Gasteiger partial charge in [0.05, 0.1) is 24.3 Å². The number of piperidine rings is 1. The number of carbonyl (C=O) groups is 4. The van der Waals surface area contributed by atoms with Gasteiger partial charge < -0.3 is 29.7 Å². The van der Waals surface area contributed by atoms with Gasteiger partial charge in [-0.1, -0.05) is 30.3 Å². The number of hydrogen-bond donors (Lipinski definition) is 2. The SMILES string of the molecule is COC(=O)c1ccccc1C(=O)N1CC[C@@H]2Oc3ccc(cc3)CNC(=O)COc3cc(ccc3C)C(=O)N[C@H]2C1. The molecule has 3 aliphatic rings. The zero-order valence-corrected chi connectivity index (χ0v) is 22.8. The molecular weight excluding hydrogens is 526 g/mol. The highest BCUT2D eigenvalue weighted by Gasteiger charge is 2.35. The van der Waals surface area contributed by atoms with Crippen LogP contribution in [-0.2, 0) is 16.1 Å². The molecule has 3 amide bonds. The Labute approximate surface area is 237 Å². The molecule has 1 saturated heterocycles. The highest BCUT2D eigenvalue weighted by molar-refractivity contribution is 6.05. The van der Waals surface area contributed by atoms with E-state index in [0.717, 1.165) is 11.1 Å². The Morgan fingerprint density at radius 2 is 1.76 bits per heavy atom. The maximum Gasteiger partial charge on any atom is 0.338 e. The van der Waals surface area contributed by atoms with Gasteiger partial charge in [-0.05, 0) is 54.4 Å². The van der Waals surface area contributed by atoms with Crippen LogP contribution >= 0.6 is 0 Å². The number of fused-ring (bicyclic) bond motifs is 7. The third-order valence-corrected chi connectivity index (χ3v) is 7.23. The van der Waals surface area contributed by atoms with E-state index in [4.69, 9.17) is 14.2 Å². The van der Waals surface area contributed by atoms with Crippen LogP contribution in [0.1, 0.15) is 48.6 Å². The van der Waals surface area contributed by atoms with Crippen molar-refractivity contribution < 1.29 is 33.4 Å². The van der Waals surface area contributed by atoms with Crippen molar-refractivity contribution in [2.24, 2.45) is 0 Å². The van der Waals surface area contributed by atoms with Crippen LogP contribution < -0.4 is 20.1 Å². The summed E-state index contributed by atoms with van der Waals surface area (Å²) in [7, 11) is 1.27. The van der Waals surface area contributed by atoms with Gasteiger partial charge in [-0.3, -0.25) is 14.4 Å². The van der Waals surface area contributed by atoms with E-state index < -0.39 is 18.1 Å². The van der Waals surface area contributed by atoms with Crippen molar-refractivity contribution in [1.29, 1.82) is 0 Å². The second-order valence-corrected chi connectivity index (χ2v) is 10.0. The molecule has 3 heterocycles. The van der Waals surface area contributed by atoms with Crippen LogP contribution in [0.3, 0.4) is 0 Å². The number of benzene rings is 3. The van der Waals surface area contributed by atoms with Gasteiger partial charge in [-0.25, -0.2) is 4.79 Å². The lowest BCUT2D eigenvalue weighted by Crippen LogP contribution is -2.58. The molecule has 2 atom stereocenters. The number of esters is 1. The Morgan fingerprint density at radius 3 is 2.51 bits per heavy atom. The number of ether oxygens (including phenoxy) is 3. The third-order valence-electron chi connectivity index (χ3n) is 7.23. The lowest BCUT2D eigenvalue weighted by molar-refractivity contribution is -0.123. The van der Waals surface area contributed by atoms with Gasteiger partial charge >= 0.3 is 5.97 Å². The Bertz CT molecular complexity index is 1470. The largest absolute Gasteiger partial charge is 0.488 e. The lowest BCUT2D eigenvalue weighted by Gasteiger charge is -2.39. The maximum atomic E-state index is 13.6. The fourth-order valence-corrected chi connectivity index (χ4v) is 4.93. The van der Waals surface area contributed by atoms with Crippen LogP contribution in [0, 0.1) is 6.92 Å². The fraction of sp³-hybridized carbons (Fsp3) is 0.290. The molecule has 0 aromatic heterocycles. The van der Waals surface area contributed by atoms with E-state index in [9.17, 15) is 19.2 Å². The summed E-state index contributed by atoms with van der Waals surface area (Å²) in [6.45, 7) is 2.49. The predicted octanol–water partition coefficient (Wildman–Crippen LogP) is 2.88. The Morgan fingerprint density at radius 1 is 1.00 bits per heavy atom. The van der Waals surface area contributed by atoms with E-state index in [-0.39, 0.29) is 42.0 Å². The van der Waals surface area contributed by atoms with Crippen molar-refractivity contribution in [1.82, 2.24) is 15.5 Å². The molecule has 0 saturated carbocycles. The molecule has 2 N–H and O–H groups in total. The van der Waals surface area contributed by atoms with Gasteiger partial charge in [0.15, 0.2) is 6.61 Å². The van der Waals surface area contributed by atoms with E-state index in [1.165, 1.54) is 7.11 Å². The second-order valence-electron chi connectivity index (χ2n) is 10.0. The van der Waals surface area contributed by atoms with Gasteiger partial charge in [0.25, 0.3) is 17.7 Å². The normalized spacial score (nSPS) is 19.0. The molecular formula is C31H31N3O7. The topological polar surface area (TPSA) is 123 Å². The minimum absolute atomic E-state index is 0.163. The van der Waals surface area contributed by atoms with E-state index >= 15 is 0 Å². The summed E-state index contributed by atoms with van der Waals surface area (Å²) in [5.41, 5.74) is 2.42. The Balaban J connectivity index is 1.44. The van der Waals surface area contributed by atoms with Crippen LogP contribution in [0.15, 0.2) is 66.7 Å². The number of nitrogens with zero attached hydrogens (tertiary/aromatic N) is 1. The Kier molecular flexibility index (Phi) is 8.19. The van der Waals surface area contributed by atoms with E-state index in [0.29, 0.717) is 36.6 Å². The summed E-state index contributed by atoms with van der Waals surface area (Å²) in [6.07, 6.45) is 0.0122. The van der Waals surface area contributed by atoms with Gasteiger partial charge in [-0.15, -0.1) is 0 Å². The molecule has 3 aliphatic heterocycles. The Hall–Kier alpha value is -4.86. The first-order chi connectivity index (χ1) is 19.8. The van der Waals surface area contributed by atoms with Crippen LogP contribution in [0.4, 0.5) is 0 Å². The van der Waals surface area contributed by atoms with E-state index in [1.807, 2.05) is 31.2 Å². The van der Waals surface area contributed by atoms with Gasteiger partial charge in [-0.2, -0.15) is 0 Å². The third kappa shape index (κ3) is 6.32. The second kappa shape index (κ2) is 12.1. The number of carbonyl (C=O) groups excluding carboxylic acids is 4. The zero-order chi connectivity index (χ0) is 28.9. The number of amides is 3. The summed E-state index contributed by atoms with van der Waals surface area (Å²) < 4.78 is 16.9. The average molecular weight is 558 g/mol. The van der Waals surface area contributed by atoms with Crippen LogP contribution in [0.5, 0.6) is 11.5 Å². The molecule has 10 heteroatoms. The molecule has 212 valence electrons. The van der Waals surface area contributed by atoms with Crippen LogP contribution in [0.25, 0.3) is 0 Å². The molecule has 41 heavy (non-hydrogen) atoms. The van der Waals surface area contributed by atoms with Crippen molar-refractivity contribution >= 4 is 23.7 Å². The number of nitrogens with one attached hydrogen (secondary N) is 2. The number of hydrogen-bond acceptors (Lipinski definition) is 7.